The number of hydrogen-bond donors (Lipinski definition) is 2. The number of fused-ring (bicyclic) bond motifs is 1. The molecule has 1 heterocycles. The molecule has 2 aromatic carbocycles. The molecule has 1 unspecified atom stereocenters. The topological polar surface area (TPSA) is 106 Å². The maximum Gasteiger partial charge on any atom is 0.307 e. The molecule has 1 fully saturated rings. The van der Waals surface area contributed by atoms with E-state index in [-0.39, 0.29) is 29.4 Å². The van der Waals surface area contributed by atoms with Gasteiger partial charge in [0.15, 0.2) is 0 Å². The highest BCUT2D eigenvalue weighted by Crippen LogP contribution is 2.47. The summed E-state index contributed by atoms with van der Waals surface area (Å²) < 4.78 is 43.7. The molecule has 0 spiro atoms. The molecule has 3 aromatic rings. The first-order valence-electron chi connectivity index (χ1n) is 13.2. The fourth-order valence-electron chi connectivity index (χ4n) is 5.74. The number of sulfone groups is 1. The second-order valence-corrected chi connectivity index (χ2v) is 13.0. The SMILES string of the molecule is Cc1cc(OCCCS(C)(=O)=O)cc(C)c1-c1ccc(F)c2c1CC[C@H]2Nc1ccc(C2C[C@H]2C(=O)O)nc1. The molecule has 0 radical (unpaired) electrons. The zero-order valence-electron chi connectivity index (χ0n) is 22.3. The van der Waals surface area contributed by atoms with Crippen molar-refractivity contribution in [1.82, 2.24) is 4.98 Å². The van der Waals surface area contributed by atoms with Crippen molar-refractivity contribution < 1.29 is 27.4 Å². The van der Waals surface area contributed by atoms with E-state index < -0.39 is 15.8 Å². The van der Waals surface area contributed by atoms with Gasteiger partial charge in [0, 0.05) is 23.4 Å². The fourth-order valence-corrected chi connectivity index (χ4v) is 6.39. The van der Waals surface area contributed by atoms with Crippen molar-refractivity contribution in [2.45, 2.75) is 51.5 Å². The highest BCUT2D eigenvalue weighted by Gasteiger charge is 2.45. The zero-order valence-corrected chi connectivity index (χ0v) is 23.1. The Hall–Kier alpha value is -3.46. The molecule has 3 atom stereocenters. The average Bonchev–Trinajstić information content (AvgIpc) is 3.57. The maximum absolute atomic E-state index is 15.2. The Bertz CT molecular complexity index is 1500. The zero-order chi connectivity index (χ0) is 27.9. The van der Waals surface area contributed by atoms with E-state index in [0.717, 1.165) is 52.0 Å². The molecule has 0 aliphatic heterocycles. The van der Waals surface area contributed by atoms with Crippen molar-refractivity contribution in [2.75, 3.05) is 23.9 Å². The van der Waals surface area contributed by atoms with Crippen molar-refractivity contribution in [2.24, 2.45) is 5.92 Å². The number of carboxylic acids is 1. The van der Waals surface area contributed by atoms with Gasteiger partial charge in [-0.3, -0.25) is 9.78 Å². The molecule has 7 nitrogen and oxygen atoms in total. The molecule has 39 heavy (non-hydrogen) atoms. The number of carbonyl (C=O) groups is 1. The van der Waals surface area contributed by atoms with E-state index in [0.29, 0.717) is 30.8 Å². The molecule has 206 valence electrons. The van der Waals surface area contributed by atoms with E-state index in [4.69, 9.17) is 9.84 Å². The Morgan fingerprint density at radius 3 is 2.54 bits per heavy atom. The number of carboxylic acid groups (broad SMARTS) is 1. The number of halogens is 1. The lowest BCUT2D eigenvalue weighted by atomic mass is 9.90. The van der Waals surface area contributed by atoms with Gasteiger partial charge in [-0.15, -0.1) is 0 Å². The van der Waals surface area contributed by atoms with Crippen LogP contribution in [-0.4, -0.2) is 43.1 Å². The third kappa shape index (κ3) is 5.93. The van der Waals surface area contributed by atoms with Crippen LogP contribution < -0.4 is 10.1 Å². The van der Waals surface area contributed by atoms with Crippen LogP contribution in [0.15, 0.2) is 42.6 Å². The largest absolute Gasteiger partial charge is 0.494 e. The minimum atomic E-state index is -3.02. The van der Waals surface area contributed by atoms with Gasteiger partial charge in [-0.1, -0.05) is 6.07 Å². The van der Waals surface area contributed by atoms with E-state index in [1.54, 1.807) is 6.20 Å². The average molecular weight is 553 g/mol. The third-order valence-corrected chi connectivity index (χ3v) is 8.68. The minimum Gasteiger partial charge on any atom is -0.494 e. The van der Waals surface area contributed by atoms with Crippen LogP contribution in [0.25, 0.3) is 11.1 Å². The Morgan fingerprint density at radius 1 is 1.18 bits per heavy atom. The van der Waals surface area contributed by atoms with Gasteiger partial charge in [0.25, 0.3) is 0 Å². The van der Waals surface area contributed by atoms with Crippen LogP contribution in [0.4, 0.5) is 10.1 Å². The van der Waals surface area contributed by atoms with Gasteiger partial charge in [0.2, 0.25) is 0 Å². The van der Waals surface area contributed by atoms with Gasteiger partial charge in [-0.05, 0) is 97.7 Å². The Balaban J connectivity index is 1.33. The maximum atomic E-state index is 15.2. The van der Waals surface area contributed by atoms with Gasteiger partial charge in [-0.2, -0.15) is 0 Å². The van der Waals surface area contributed by atoms with Gasteiger partial charge in [-0.25, -0.2) is 12.8 Å². The van der Waals surface area contributed by atoms with Gasteiger partial charge in [0.1, 0.15) is 21.4 Å². The number of benzene rings is 2. The third-order valence-electron chi connectivity index (χ3n) is 7.65. The fraction of sp³-hybridized carbons (Fsp3) is 0.400. The number of nitrogens with one attached hydrogen (secondary N) is 1. The van der Waals surface area contributed by atoms with Crippen molar-refractivity contribution in [1.29, 1.82) is 0 Å². The lowest BCUT2D eigenvalue weighted by molar-refractivity contribution is -0.138. The van der Waals surface area contributed by atoms with Crippen molar-refractivity contribution in [3.8, 4) is 16.9 Å². The highest BCUT2D eigenvalue weighted by molar-refractivity contribution is 7.90. The van der Waals surface area contributed by atoms with E-state index in [1.807, 2.05) is 44.2 Å². The molecule has 2 N–H and O–H groups in total. The van der Waals surface area contributed by atoms with Crippen molar-refractivity contribution >= 4 is 21.5 Å². The summed E-state index contributed by atoms with van der Waals surface area (Å²) in [7, 11) is -3.02. The molecule has 5 rings (SSSR count). The summed E-state index contributed by atoms with van der Waals surface area (Å²) in [5.41, 5.74) is 7.31. The van der Waals surface area contributed by atoms with Crippen LogP contribution in [0, 0.1) is 25.6 Å². The van der Waals surface area contributed by atoms with E-state index in [9.17, 15) is 13.2 Å². The second kappa shape index (κ2) is 10.6. The predicted octanol–water partition coefficient (Wildman–Crippen LogP) is 5.61. The van der Waals surface area contributed by atoms with Crippen LogP contribution >= 0.6 is 0 Å². The number of aryl methyl sites for hydroxylation is 2. The summed E-state index contributed by atoms with van der Waals surface area (Å²) in [5, 5.41) is 12.6. The lowest BCUT2D eigenvalue weighted by Gasteiger charge is -2.19. The molecular weight excluding hydrogens is 519 g/mol. The Morgan fingerprint density at radius 2 is 1.92 bits per heavy atom. The predicted molar refractivity (Wildman–Crippen MR) is 149 cm³/mol. The minimum absolute atomic E-state index is 0.0282. The molecule has 9 heteroatoms. The van der Waals surface area contributed by atoms with Gasteiger partial charge < -0.3 is 15.2 Å². The van der Waals surface area contributed by atoms with Crippen molar-refractivity contribution in [3.63, 3.8) is 0 Å². The number of hydrogen-bond acceptors (Lipinski definition) is 6. The Labute approximate surface area is 228 Å². The summed E-state index contributed by atoms with van der Waals surface area (Å²) in [5.74, 6) is -0.618. The summed E-state index contributed by atoms with van der Waals surface area (Å²) in [6, 6.07) is 10.8. The first kappa shape index (κ1) is 27.1. The number of aromatic nitrogens is 1. The van der Waals surface area contributed by atoms with E-state index in [2.05, 4.69) is 10.3 Å². The number of nitrogens with zero attached hydrogens (tertiary/aromatic N) is 1. The molecule has 0 amide bonds. The number of aliphatic carboxylic acids is 1. The number of rotatable bonds is 10. The van der Waals surface area contributed by atoms with Crippen LogP contribution in [-0.2, 0) is 21.1 Å². The molecule has 0 saturated heterocycles. The molecule has 2 aliphatic carbocycles. The van der Waals surface area contributed by atoms with Gasteiger partial charge in [0.05, 0.1) is 36.2 Å². The monoisotopic (exact) mass is 552 g/mol. The van der Waals surface area contributed by atoms with E-state index in [1.165, 1.54) is 12.3 Å². The van der Waals surface area contributed by atoms with Crippen LogP contribution in [0.3, 0.4) is 0 Å². The summed E-state index contributed by atoms with van der Waals surface area (Å²) >= 11 is 0. The number of ether oxygens (including phenoxy) is 1. The van der Waals surface area contributed by atoms with Crippen LogP contribution in [0.2, 0.25) is 0 Å². The summed E-state index contributed by atoms with van der Waals surface area (Å²) in [4.78, 5) is 15.6. The highest BCUT2D eigenvalue weighted by atomic mass is 32.2. The number of anilines is 1. The van der Waals surface area contributed by atoms with Gasteiger partial charge >= 0.3 is 5.97 Å². The Kier molecular flexibility index (Phi) is 7.37. The molecule has 2 aliphatic rings. The van der Waals surface area contributed by atoms with Crippen molar-refractivity contribution in [3.05, 3.63) is 76.4 Å². The second-order valence-electron chi connectivity index (χ2n) is 10.7. The molecule has 0 bridgehead atoms. The van der Waals surface area contributed by atoms with E-state index >= 15 is 4.39 Å². The quantitative estimate of drug-likeness (QED) is 0.315. The van der Waals surface area contributed by atoms with Crippen LogP contribution in [0.5, 0.6) is 5.75 Å². The molecular formula is C30H33FN2O5S. The lowest BCUT2D eigenvalue weighted by Crippen LogP contribution is -2.10. The number of pyridine rings is 1. The normalized spacial score (nSPS) is 19.9. The first-order chi connectivity index (χ1) is 18.5. The first-order valence-corrected chi connectivity index (χ1v) is 15.3. The molecule has 1 aromatic heterocycles. The summed E-state index contributed by atoms with van der Waals surface area (Å²) in [6.07, 6.45) is 5.45. The standard InChI is InChI=1S/C30H33FN2O5S/c1-17-13-20(38-11-4-12-39(3,36)37)14-18(2)28(17)21-6-8-25(31)29-22(21)7-10-27(29)33-19-5-9-26(32-16-19)23-15-24(23)30(34)35/h5-6,8-9,13-14,16,23-24,27,33H,4,7,10-12,15H2,1-3H3,(H,34,35)/t23?,24-,27-/m1/s1. The molecule has 1 saturated carbocycles. The van der Waals surface area contributed by atoms with Crippen LogP contribution in [0.1, 0.15) is 59.2 Å². The summed E-state index contributed by atoms with van der Waals surface area (Å²) in [6.45, 7) is 4.34. The smallest absolute Gasteiger partial charge is 0.307 e.